The maximum atomic E-state index is 14.2. The number of benzene rings is 3. The molecule has 0 unspecified atom stereocenters. The van der Waals surface area contributed by atoms with Crippen molar-refractivity contribution in [3.8, 4) is 11.4 Å². The highest BCUT2D eigenvalue weighted by molar-refractivity contribution is 5.67. The fourth-order valence-corrected chi connectivity index (χ4v) is 4.11. The van der Waals surface area contributed by atoms with E-state index in [1.807, 2.05) is 19.1 Å². The van der Waals surface area contributed by atoms with Gasteiger partial charge in [-0.2, -0.15) is 18.3 Å². The zero-order valence-corrected chi connectivity index (χ0v) is 20.6. The van der Waals surface area contributed by atoms with Crippen LogP contribution >= 0.6 is 0 Å². The van der Waals surface area contributed by atoms with Crippen molar-refractivity contribution in [2.75, 3.05) is 0 Å². The molecule has 0 saturated carbocycles. The Morgan fingerprint density at radius 3 is 2.34 bits per heavy atom. The minimum atomic E-state index is -4.44. The molecule has 1 N–H and O–H groups in total. The van der Waals surface area contributed by atoms with Crippen molar-refractivity contribution < 1.29 is 32.2 Å². The van der Waals surface area contributed by atoms with E-state index in [4.69, 9.17) is 9.84 Å². The van der Waals surface area contributed by atoms with Crippen LogP contribution in [0, 0.1) is 12.7 Å². The van der Waals surface area contributed by atoms with Gasteiger partial charge in [0.15, 0.2) is 0 Å². The average molecular weight is 527 g/mol. The largest absolute Gasteiger partial charge is 0.489 e. The van der Waals surface area contributed by atoms with Gasteiger partial charge in [0.2, 0.25) is 0 Å². The summed E-state index contributed by atoms with van der Waals surface area (Å²) in [6.45, 7) is 2.02. The number of carboxylic acids is 1. The van der Waals surface area contributed by atoms with Gasteiger partial charge in [-0.25, -0.2) is 9.07 Å². The number of carbonyl (C=O) groups is 1. The van der Waals surface area contributed by atoms with E-state index in [1.54, 1.807) is 30.5 Å². The zero-order chi connectivity index (χ0) is 27.3. The number of aryl methyl sites for hydroxylation is 4. The average Bonchev–Trinajstić information content (AvgIpc) is 3.29. The van der Waals surface area contributed by atoms with Crippen molar-refractivity contribution in [3.63, 3.8) is 0 Å². The predicted octanol–water partition coefficient (Wildman–Crippen LogP) is 6.72. The second-order valence-corrected chi connectivity index (χ2v) is 8.95. The number of aliphatic carboxylic acids is 1. The number of halogens is 4. The van der Waals surface area contributed by atoms with Crippen molar-refractivity contribution in [1.82, 2.24) is 9.78 Å². The Bertz CT molecular complexity index is 1410. The van der Waals surface area contributed by atoms with Crippen LogP contribution in [-0.2, 0) is 36.8 Å². The van der Waals surface area contributed by atoms with Gasteiger partial charge in [-0.1, -0.05) is 24.3 Å². The van der Waals surface area contributed by atoms with Crippen molar-refractivity contribution in [2.45, 2.75) is 45.4 Å². The van der Waals surface area contributed by atoms with E-state index in [0.29, 0.717) is 47.5 Å². The highest BCUT2D eigenvalue weighted by Gasteiger charge is 2.30. The third-order valence-corrected chi connectivity index (χ3v) is 6.24. The van der Waals surface area contributed by atoms with Crippen molar-refractivity contribution in [1.29, 1.82) is 0 Å². The molecule has 1 aromatic heterocycles. The predicted molar refractivity (Wildman–Crippen MR) is 134 cm³/mol. The van der Waals surface area contributed by atoms with Gasteiger partial charge in [0.1, 0.15) is 18.2 Å². The van der Waals surface area contributed by atoms with Crippen LogP contribution in [0.2, 0.25) is 0 Å². The summed E-state index contributed by atoms with van der Waals surface area (Å²) in [7, 11) is 0. The molecule has 0 aliphatic carbocycles. The van der Waals surface area contributed by atoms with E-state index in [0.717, 1.165) is 23.3 Å². The Labute approximate surface area is 217 Å². The van der Waals surface area contributed by atoms with E-state index in [2.05, 4.69) is 5.10 Å². The number of ether oxygens (including phenoxy) is 1. The molecule has 0 fully saturated rings. The second-order valence-electron chi connectivity index (χ2n) is 8.95. The first-order chi connectivity index (χ1) is 18.1. The van der Waals surface area contributed by atoms with Crippen LogP contribution in [-0.4, -0.2) is 20.9 Å². The summed E-state index contributed by atoms with van der Waals surface area (Å²) in [5.74, 6) is -0.590. The summed E-state index contributed by atoms with van der Waals surface area (Å²) in [5, 5.41) is 13.5. The summed E-state index contributed by atoms with van der Waals surface area (Å²) in [5.41, 5.74) is 3.42. The van der Waals surface area contributed by atoms with Gasteiger partial charge in [-0.15, -0.1) is 0 Å². The van der Waals surface area contributed by atoms with Crippen LogP contribution in [0.3, 0.4) is 0 Å². The number of rotatable bonds is 10. The lowest BCUT2D eigenvalue weighted by molar-refractivity contribution is -0.138. The van der Waals surface area contributed by atoms with Crippen LogP contribution in [0.5, 0.6) is 5.75 Å². The van der Waals surface area contributed by atoms with Crippen LogP contribution < -0.4 is 4.74 Å². The second kappa shape index (κ2) is 11.5. The van der Waals surface area contributed by atoms with E-state index in [-0.39, 0.29) is 18.8 Å². The zero-order valence-electron chi connectivity index (χ0n) is 20.6. The lowest BCUT2D eigenvalue weighted by atomic mass is 10.0. The fraction of sp³-hybridized carbons (Fsp3) is 0.241. The smallest absolute Gasteiger partial charge is 0.416 e. The van der Waals surface area contributed by atoms with Crippen molar-refractivity contribution in [2.24, 2.45) is 0 Å². The van der Waals surface area contributed by atoms with Crippen LogP contribution in [0.4, 0.5) is 17.6 Å². The normalized spacial score (nSPS) is 11.5. The first-order valence-electron chi connectivity index (χ1n) is 12.0. The summed E-state index contributed by atoms with van der Waals surface area (Å²) in [6, 6.07) is 16.6. The van der Waals surface area contributed by atoms with Crippen LogP contribution in [0.15, 0.2) is 72.9 Å². The molecule has 0 atom stereocenters. The van der Waals surface area contributed by atoms with E-state index < -0.39 is 17.7 Å². The summed E-state index contributed by atoms with van der Waals surface area (Å²) in [4.78, 5) is 10.9. The van der Waals surface area contributed by atoms with Crippen LogP contribution in [0.25, 0.3) is 5.69 Å². The molecule has 0 aliphatic heterocycles. The quantitative estimate of drug-likeness (QED) is 0.233. The molecule has 4 aromatic rings. The lowest BCUT2D eigenvalue weighted by Crippen LogP contribution is -2.05. The lowest BCUT2D eigenvalue weighted by Gasteiger charge is -2.10. The number of aromatic nitrogens is 2. The Balaban J connectivity index is 1.55. The van der Waals surface area contributed by atoms with E-state index in [1.165, 1.54) is 22.9 Å². The number of nitrogens with zero attached hydrogens (tertiary/aromatic N) is 2. The molecule has 0 aliphatic rings. The monoisotopic (exact) mass is 526 g/mol. The van der Waals surface area contributed by atoms with Crippen molar-refractivity contribution >= 4 is 5.97 Å². The first kappa shape index (κ1) is 26.9. The highest BCUT2D eigenvalue weighted by atomic mass is 19.4. The fourth-order valence-electron chi connectivity index (χ4n) is 4.11. The van der Waals surface area contributed by atoms with Gasteiger partial charge in [-0.05, 0) is 85.3 Å². The molecular formula is C29H26F4N2O3. The minimum absolute atomic E-state index is 0.0372. The van der Waals surface area contributed by atoms with Gasteiger partial charge < -0.3 is 9.84 Å². The van der Waals surface area contributed by atoms with Gasteiger partial charge in [0.25, 0.3) is 0 Å². The summed E-state index contributed by atoms with van der Waals surface area (Å²) >= 11 is 0. The molecule has 38 heavy (non-hydrogen) atoms. The maximum Gasteiger partial charge on any atom is 0.416 e. The van der Waals surface area contributed by atoms with E-state index >= 15 is 0 Å². The van der Waals surface area contributed by atoms with Gasteiger partial charge in [0.05, 0.1) is 16.9 Å². The SMILES string of the molecule is Cc1cc(OCc2cn(-c3ccc(C(F)(F)F)cc3)nc2CCc2ccccc2F)ccc1CCC(=O)O. The summed E-state index contributed by atoms with van der Waals surface area (Å²) < 4.78 is 60.6. The highest BCUT2D eigenvalue weighted by Crippen LogP contribution is 2.30. The molecule has 0 amide bonds. The molecular weight excluding hydrogens is 500 g/mol. The van der Waals surface area contributed by atoms with Gasteiger partial charge in [0, 0.05) is 18.2 Å². The topological polar surface area (TPSA) is 64.4 Å². The standard InChI is InChI=1S/C29H26F4N2O3/c1-19-16-25(13-6-20(19)8-15-28(36)37)38-18-22-17-35(24-11-9-23(10-12-24)29(31,32)33)34-27(22)14-7-21-4-2-3-5-26(21)30/h2-6,9-13,16-17H,7-8,14-15,18H2,1H3,(H,36,37). The minimum Gasteiger partial charge on any atom is -0.489 e. The third kappa shape index (κ3) is 6.79. The maximum absolute atomic E-state index is 14.2. The third-order valence-electron chi connectivity index (χ3n) is 6.24. The number of hydrogen-bond donors (Lipinski definition) is 1. The molecule has 5 nitrogen and oxygen atoms in total. The number of hydrogen-bond acceptors (Lipinski definition) is 3. The first-order valence-corrected chi connectivity index (χ1v) is 12.0. The molecule has 198 valence electrons. The Morgan fingerprint density at radius 2 is 1.68 bits per heavy atom. The Kier molecular flexibility index (Phi) is 8.14. The molecule has 0 radical (unpaired) electrons. The van der Waals surface area contributed by atoms with Gasteiger partial charge in [-0.3, -0.25) is 4.79 Å². The van der Waals surface area contributed by atoms with Crippen LogP contribution in [0.1, 0.15) is 39.9 Å². The molecule has 1 heterocycles. The molecule has 0 saturated heterocycles. The number of alkyl halides is 3. The Morgan fingerprint density at radius 1 is 0.947 bits per heavy atom. The molecule has 0 spiro atoms. The summed E-state index contributed by atoms with van der Waals surface area (Å²) in [6.07, 6.45) is -1.49. The van der Waals surface area contributed by atoms with Gasteiger partial charge >= 0.3 is 12.1 Å². The van der Waals surface area contributed by atoms with E-state index in [9.17, 15) is 22.4 Å². The molecule has 4 rings (SSSR count). The number of carboxylic acid groups (broad SMARTS) is 1. The molecule has 0 bridgehead atoms. The Hall–Kier alpha value is -4.14. The van der Waals surface area contributed by atoms with Crippen molar-refractivity contribution in [3.05, 3.63) is 112 Å². The molecule has 3 aromatic carbocycles. The molecule has 9 heteroatoms.